The molecule has 121 heavy (non-hydrogen) atoms. The average Bonchev–Trinajstić information content (AvgIpc) is 0.735. The van der Waals surface area contributed by atoms with Gasteiger partial charge in [-0.2, -0.15) is 0 Å². The molecule has 0 atom stereocenters. The van der Waals surface area contributed by atoms with Gasteiger partial charge in [-0.25, -0.2) is 44.6 Å². The van der Waals surface area contributed by atoms with Gasteiger partial charge < -0.3 is 0 Å². The van der Waals surface area contributed by atoms with E-state index in [4.69, 9.17) is 29.9 Å². The molecule has 22 rings (SSSR count). The summed E-state index contributed by atoms with van der Waals surface area (Å²) in [6.45, 7) is 0. The Kier molecular flexibility index (Phi) is 18.8. The minimum absolute atomic E-state index is 0.302. The van der Waals surface area contributed by atoms with Gasteiger partial charge in [0.1, 0.15) is 0 Å². The topological polar surface area (TPSA) is 202 Å². The standard InChI is InChI=1S/C39H24N4O2.C33H20N4O2.C33H20N2O2/c44-38-32-18-10-17-30-31(23-24-33(34(30)32)39(45)43(38)29-15-8-3-9-16-29)37-41-35(27-13-6-2-7-14-27)40-36(42-37)28-21-19-26(20-22-28)25-11-4-1-5-12-25;38-32-26-18-10-17-24-25(19-20-27(28(24)26)33(39)37(32)23-15-8-3-9-16-23)31-35-29(21-11-4-1-5-12-21)34-30(36-31)22-13-6-2-7-14-22;36-32-29-12-6-11-28-27(15-16-30(31(28)29)33(37)35(32)22-7-2-1-3-8-22)26-14-13-23(21-17-19-34-20-18-21)24-9-4-5-10-25(24)26/h1-24H;1-20H;1-20H. The number of hydrogen-bond acceptors (Lipinski definition) is 13. The van der Waals surface area contributed by atoms with Crippen LogP contribution in [0.2, 0.25) is 0 Å². The fourth-order valence-electron chi connectivity index (χ4n) is 16.4. The summed E-state index contributed by atoms with van der Waals surface area (Å²) in [5, 5.41) is 6.54. The largest absolute Gasteiger partial charge is 0.268 e. The van der Waals surface area contributed by atoms with E-state index in [0.717, 1.165) is 88.1 Å². The van der Waals surface area contributed by atoms with Crippen LogP contribution in [0, 0.1) is 0 Å². The summed E-state index contributed by atoms with van der Waals surface area (Å²) in [6, 6.07) is 119. The van der Waals surface area contributed by atoms with Crippen LogP contribution in [-0.4, -0.2) is 70.3 Å². The van der Waals surface area contributed by atoms with Crippen LogP contribution in [0.25, 0.3) is 145 Å². The number of aromatic nitrogens is 7. The molecular formula is C105H64N10O6. The molecule has 3 aliphatic heterocycles. The van der Waals surface area contributed by atoms with E-state index in [0.29, 0.717) is 107 Å². The maximum atomic E-state index is 13.7. The molecule has 0 spiro atoms. The predicted octanol–water partition coefficient (Wildman–Crippen LogP) is 22.8. The molecular weight excluding hydrogens is 1500 g/mol. The molecule has 0 saturated heterocycles. The fourth-order valence-corrected chi connectivity index (χ4v) is 16.4. The third-order valence-corrected chi connectivity index (χ3v) is 22.1. The van der Waals surface area contributed by atoms with Gasteiger partial charge in [0, 0.05) is 95.3 Å². The molecule has 19 aromatic rings. The van der Waals surface area contributed by atoms with Gasteiger partial charge >= 0.3 is 0 Å². The molecule has 3 aromatic heterocycles. The Bertz CT molecular complexity index is 7260. The first kappa shape index (κ1) is 73.1. The van der Waals surface area contributed by atoms with Gasteiger partial charge in [-0.05, 0) is 157 Å². The van der Waals surface area contributed by atoms with E-state index in [-0.39, 0.29) is 35.4 Å². The maximum absolute atomic E-state index is 13.7. The number of para-hydroxylation sites is 3. The minimum Gasteiger partial charge on any atom is -0.268 e. The summed E-state index contributed by atoms with van der Waals surface area (Å²) in [7, 11) is 0. The quantitative estimate of drug-likeness (QED) is 0.105. The fraction of sp³-hybridized carbons (Fsp3) is 0. The first-order chi connectivity index (χ1) is 59.6. The zero-order valence-corrected chi connectivity index (χ0v) is 64.4. The lowest BCUT2D eigenvalue weighted by Gasteiger charge is -2.28. The third-order valence-electron chi connectivity index (χ3n) is 22.1. The molecule has 6 amide bonds. The lowest BCUT2D eigenvalue weighted by Crippen LogP contribution is -2.40. The van der Waals surface area contributed by atoms with Gasteiger partial charge in [0.2, 0.25) is 0 Å². The Morgan fingerprint density at radius 1 is 0.157 bits per heavy atom. The van der Waals surface area contributed by atoms with Crippen molar-refractivity contribution in [2.75, 3.05) is 14.7 Å². The van der Waals surface area contributed by atoms with E-state index in [1.54, 1.807) is 73.1 Å². The molecule has 0 radical (unpaired) electrons. The number of hydrogen-bond donors (Lipinski definition) is 0. The zero-order valence-electron chi connectivity index (χ0n) is 64.4. The first-order valence-corrected chi connectivity index (χ1v) is 39.3. The van der Waals surface area contributed by atoms with E-state index < -0.39 is 0 Å². The number of nitrogens with zero attached hydrogens (tertiary/aromatic N) is 10. The molecule has 16 nitrogen and oxygen atoms in total. The van der Waals surface area contributed by atoms with Crippen molar-refractivity contribution >= 4 is 95.6 Å². The smallest absolute Gasteiger partial charge is 0.265 e. The second kappa shape index (κ2) is 31.1. The van der Waals surface area contributed by atoms with Crippen LogP contribution in [0.1, 0.15) is 62.1 Å². The van der Waals surface area contributed by atoms with Crippen molar-refractivity contribution < 1.29 is 28.8 Å². The Morgan fingerprint density at radius 3 is 0.744 bits per heavy atom. The number of amides is 6. The minimum atomic E-state index is -0.360. The van der Waals surface area contributed by atoms with Crippen molar-refractivity contribution in [2.24, 2.45) is 0 Å². The molecule has 0 fully saturated rings. The van der Waals surface area contributed by atoms with Crippen LogP contribution < -0.4 is 14.7 Å². The van der Waals surface area contributed by atoms with Crippen LogP contribution in [0.4, 0.5) is 17.1 Å². The van der Waals surface area contributed by atoms with Gasteiger partial charge in [-0.15, -0.1) is 0 Å². The van der Waals surface area contributed by atoms with Gasteiger partial charge in [-0.3, -0.25) is 33.8 Å². The molecule has 3 aliphatic rings. The van der Waals surface area contributed by atoms with Crippen LogP contribution in [0.5, 0.6) is 0 Å². The molecule has 6 heterocycles. The molecule has 16 heteroatoms. The summed E-state index contributed by atoms with van der Waals surface area (Å²) in [4.78, 5) is 119. The zero-order chi connectivity index (χ0) is 81.6. The molecule has 16 aromatic carbocycles. The van der Waals surface area contributed by atoms with Crippen LogP contribution in [-0.2, 0) is 0 Å². The molecule has 0 aliphatic carbocycles. The van der Waals surface area contributed by atoms with E-state index in [1.807, 2.05) is 267 Å². The Morgan fingerprint density at radius 2 is 0.388 bits per heavy atom. The highest BCUT2D eigenvalue weighted by Gasteiger charge is 2.38. The summed E-state index contributed by atoms with van der Waals surface area (Å²) in [5.74, 6) is 1.05. The molecule has 0 bridgehead atoms. The summed E-state index contributed by atoms with van der Waals surface area (Å²) in [6.07, 6.45) is 3.61. The normalized spacial score (nSPS) is 12.7. The number of imide groups is 3. The first-order valence-electron chi connectivity index (χ1n) is 39.3. The van der Waals surface area contributed by atoms with Crippen molar-refractivity contribution in [1.29, 1.82) is 0 Å². The Labute approximate surface area is 693 Å². The number of benzene rings is 16. The average molecular weight is 1560 g/mol. The highest BCUT2D eigenvalue weighted by atomic mass is 16.2. The third kappa shape index (κ3) is 13.3. The van der Waals surface area contributed by atoms with Gasteiger partial charge in [-0.1, -0.05) is 279 Å². The molecule has 570 valence electrons. The van der Waals surface area contributed by atoms with E-state index in [9.17, 15) is 28.8 Å². The number of carbonyl (C=O) groups excluding carboxylic acids is 6. The van der Waals surface area contributed by atoms with E-state index in [2.05, 4.69) is 53.5 Å². The number of carbonyl (C=O) groups is 6. The Balaban J connectivity index is 0.000000116. The van der Waals surface area contributed by atoms with Crippen molar-refractivity contribution in [2.45, 2.75) is 0 Å². The van der Waals surface area contributed by atoms with Crippen LogP contribution >= 0.6 is 0 Å². The Hall–Kier alpha value is -16.9. The van der Waals surface area contributed by atoms with Gasteiger partial charge in [0.25, 0.3) is 35.4 Å². The number of rotatable bonds is 12. The number of anilines is 3. The SMILES string of the molecule is O=C1c2cccc3c(-c4ccc(-c5ccncc5)c5ccccc45)ccc(c23)C(=O)N1c1ccccc1.O=C1c2cccc3c(-c4nc(-c5ccccc5)nc(-c5ccc(-c6ccccc6)cc5)n4)ccc(c23)C(=O)N1c1ccccc1.O=C1c2cccc3c(-c4nc(-c5ccccc5)nc(-c5ccccc5)n4)ccc(c23)C(=O)N1c1ccccc1. The predicted molar refractivity (Wildman–Crippen MR) is 476 cm³/mol. The lowest BCUT2D eigenvalue weighted by atomic mass is 9.86. The highest BCUT2D eigenvalue weighted by molar-refractivity contribution is 6.39. The van der Waals surface area contributed by atoms with Crippen molar-refractivity contribution in [3.8, 4) is 102 Å². The van der Waals surface area contributed by atoms with Crippen LogP contribution in [0.15, 0.2) is 389 Å². The highest BCUT2D eigenvalue weighted by Crippen LogP contribution is 2.45. The molecule has 0 unspecified atom stereocenters. The van der Waals surface area contributed by atoms with Crippen LogP contribution in [0.3, 0.4) is 0 Å². The van der Waals surface area contributed by atoms with Crippen molar-refractivity contribution in [1.82, 2.24) is 34.9 Å². The van der Waals surface area contributed by atoms with E-state index in [1.165, 1.54) is 14.7 Å². The molecule has 0 N–H and O–H groups in total. The maximum Gasteiger partial charge on any atom is 0.265 e. The van der Waals surface area contributed by atoms with Crippen molar-refractivity contribution in [3.63, 3.8) is 0 Å². The second-order valence-electron chi connectivity index (χ2n) is 29.1. The number of pyridine rings is 1. The summed E-state index contributed by atoms with van der Waals surface area (Å²) >= 11 is 0. The van der Waals surface area contributed by atoms with Gasteiger partial charge in [0.15, 0.2) is 34.9 Å². The van der Waals surface area contributed by atoms with E-state index >= 15 is 0 Å². The van der Waals surface area contributed by atoms with Gasteiger partial charge in [0.05, 0.1) is 17.1 Å². The number of fused-ring (bicyclic) bond motifs is 1. The lowest BCUT2D eigenvalue weighted by molar-refractivity contribution is 0.0877. The monoisotopic (exact) mass is 1560 g/mol. The molecule has 0 saturated carbocycles. The summed E-state index contributed by atoms with van der Waals surface area (Å²) in [5.41, 5.74) is 16.0. The second-order valence-corrected chi connectivity index (χ2v) is 29.1. The van der Waals surface area contributed by atoms with Crippen molar-refractivity contribution in [3.05, 3.63) is 422 Å². The summed E-state index contributed by atoms with van der Waals surface area (Å²) < 4.78 is 0.